The van der Waals surface area contributed by atoms with Gasteiger partial charge in [-0.1, -0.05) is 0 Å². The molecule has 2 aromatic rings. The third-order valence-corrected chi connectivity index (χ3v) is 4.83. The number of carboxylic acids is 1. The van der Waals surface area contributed by atoms with Gasteiger partial charge in [0, 0.05) is 29.4 Å². The van der Waals surface area contributed by atoms with E-state index in [4.69, 9.17) is 5.11 Å². The fourth-order valence-electron chi connectivity index (χ4n) is 2.95. The molecule has 0 spiro atoms. The minimum atomic E-state index is -0.771. The molecule has 3 heterocycles. The minimum absolute atomic E-state index is 0.0860. The molecule has 128 valence electrons. The first-order chi connectivity index (χ1) is 11.5. The Morgan fingerprint density at radius 3 is 3.00 bits per heavy atom. The van der Waals surface area contributed by atoms with Crippen molar-refractivity contribution in [3.8, 4) is 0 Å². The summed E-state index contributed by atoms with van der Waals surface area (Å²) in [6.45, 7) is 5.38. The number of aliphatic carboxylic acids is 1. The second-order valence-corrected chi connectivity index (χ2v) is 7.23. The third kappa shape index (κ3) is 4.07. The molecule has 1 saturated heterocycles. The van der Waals surface area contributed by atoms with Crippen LogP contribution in [0.2, 0.25) is 0 Å². The van der Waals surface area contributed by atoms with Gasteiger partial charge in [-0.15, -0.1) is 11.3 Å². The monoisotopic (exact) mass is 347 g/mol. The van der Waals surface area contributed by atoms with Crippen molar-refractivity contribution in [1.29, 1.82) is 0 Å². The molecule has 1 aliphatic rings. The highest BCUT2D eigenvalue weighted by atomic mass is 32.1. The van der Waals surface area contributed by atoms with Crippen molar-refractivity contribution in [2.24, 2.45) is 0 Å². The van der Waals surface area contributed by atoms with E-state index in [1.54, 1.807) is 11.3 Å². The maximum absolute atomic E-state index is 10.8. The number of hydrogen-bond acceptors (Lipinski definition) is 7. The Morgan fingerprint density at radius 2 is 2.29 bits per heavy atom. The summed E-state index contributed by atoms with van der Waals surface area (Å²) in [6, 6.07) is 1.99. The van der Waals surface area contributed by atoms with Gasteiger partial charge in [-0.05, 0) is 33.2 Å². The molecule has 1 atom stereocenters. The SMILES string of the molecule is Cc1cc(Nc2ncc(C)s2)nc(C2CCCN2CCC(=O)O)n1. The molecular formula is C16H21N5O2S. The van der Waals surface area contributed by atoms with E-state index < -0.39 is 5.97 Å². The van der Waals surface area contributed by atoms with Crippen LogP contribution in [0.3, 0.4) is 0 Å². The number of nitrogens with zero attached hydrogens (tertiary/aromatic N) is 4. The van der Waals surface area contributed by atoms with E-state index in [0.29, 0.717) is 6.54 Å². The first kappa shape index (κ1) is 16.8. The number of thiazole rings is 1. The van der Waals surface area contributed by atoms with E-state index in [-0.39, 0.29) is 12.5 Å². The van der Waals surface area contributed by atoms with Gasteiger partial charge in [0.25, 0.3) is 0 Å². The van der Waals surface area contributed by atoms with Crippen LogP contribution in [0.1, 0.15) is 41.7 Å². The summed E-state index contributed by atoms with van der Waals surface area (Å²) in [5.41, 5.74) is 0.890. The number of aromatic nitrogens is 3. The second kappa shape index (κ2) is 7.23. The van der Waals surface area contributed by atoms with Gasteiger partial charge in [0.05, 0.1) is 12.5 Å². The average Bonchev–Trinajstić information content (AvgIpc) is 3.13. The van der Waals surface area contributed by atoms with Gasteiger partial charge in [0.15, 0.2) is 5.13 Å². The van der Waals surface area contributed by atoms with Gasteiger partial charge in [0.2, 0.25) is 0 Å². The van der Waals surface area contributed by atoms with Crippen molar-refractivity contribution in [1.82, 2.24) is 19.9 Å². The topological polar surface area (TPSA) is 91.2 Å². The molecule has 2 N–H and O–H groups in total. The molecule has 0 radical (unpaired) electrons. The maximum Gasteiger partial charge on any atom is 0.304 e. The lowest BCUT2D eigenvalue weighted by atomic mass is 10.2. The zero-order valence-electron chi connectivity index (χ0n) is 13.8. The number of carboxylic acid groups (broad SMARTS) is 1. The van der Waals surface area contributed by atoms with Crippen LogP contribution < -0.4 is 5.32 Å². The highest BCUT2D eigenvalue weighted by Gasteiger charge is 2.28. The van der Waals surface area contributed by atoms with E-state index in [0.717, 1.165) is 46.7 Å². The zero-order chi connectivity index (χ0) is 17.1. The molecule has 24 heavy (non-hydrogen) atoms. The second-order valence-electron chi connectivity index (χ2n) is 5.99. The number of carbonyl (C=O) groups is 1. The molecule has 0 saturated carbocycles. The fourth-order valence-corrected chi connectivity index (χ4v) is 3.62. The van der Waals surface area contributed by atoms with E-state index in [9.17, 15) is 4.79 Å². The predicted molar refractivity (Wildman–Crippen MR) is 92.7 cm³/mol. The van der Waals surface area contributed by atoms with Crippen LogP contribution in [0.25, 0.3) is 0 Å². The smallest absolute Gasteiger partial charge is 0.304 e. The summed E-state index contributed by atoms with van der Waals surface area (Å²) in [4.78, 5) is 27.7. The standard InChI is InChI=1S/C16H21N5O2S/c1-10-8-13(20-16-17-9-11(2)24-16)19-15(18-10)12-4-3-6-21(12)7-5-14(22)23/h8-9,12H,3-7H2,1-2H3,(H,22,23)(H,17,18,19,20). The van der Waals surface area contributed by atoms with Gasteiger partial charge in [0.1, 0.15) is 11.6 Å². The molecular weight excluding hydrogens is 326 g/mol. The summed E-state index contributed by atoms with van der Waals surface area (Å²) in [7, 11) is 0. The summed E-state index contributed by atoms with van der Waals surface area (Å²) < 4.78 is 0. The van der Waals surface area contributed by atoms with Crippen LogP contribution in [-0.2, 0) is 4.79 Å². The number of hydrogen-bond donors (Lipinski definition) is 2. The summed E-state index contributed by atoms with van der Waals surface area (Å²) in [5.74, 6) is 0.720. The summed E-state index contributed by atoms with van der Waals surface area (Å²) in [6.07, 6.45) is 3.97. The highest BCUT2D eigenvalue weighted by Crippen LogP contribution is 2.31. The molecule has 8 heteroatoms. The van der Waals surface area contributed by atoms with Gasteiger partial charge < -0.3 is 10.4 Å². The molecule has 1 aliphatic heterocycles. The molecule has 3 rings (SSSR count). The van der Waals surface area contributed by atoms with Crippen molar-refractivity contribution < 1.29 is 9.90 Å². The van der Waals surface area contributed by atoms with E-state index in [2.05, 4.69) is 25.2 Å². The van der Waals surface area contributed by atoms with Crippen LogP contribution in [-0.4, -0.2) is 44.0 Å². The predicted octanol–water partition coefficient (Wildman–Crippen LogP) is 2.91. The molecule has 1 unspecified atom stereocenters. The van der Waals surface area contributed by atoms with E-state index in [1.165, 1.54) is 0 Å². The number of anilines is 2. The van der Waals surface area contributed by atoms with Crippen molar-refractivity contribution in [3.63, 3.8) is 0 Å². The lowest BCUT2D eigenvalue weighted by Crippen LogP contribution is -2.27. The Kier molecular flexibility index (Phi) is 5.06. The minimum Gasteiger partial charge on any atom is -0.481 e. The Bertz CT molecular complexity index is 733. The van der Waals surface area contributed by atoms with Crippen LogP contribution in [0.5, 0.6) is 0 Å². The molecule has 0 amide bonds. The van der Waals surface area contributed by atoms with Gasteiger partial charge in [-0.3, -0.25) is 9.69 Å². The Hall–Kier alpha value is -2.06. The molecule has 0 aromatic carbocycles. The quantitative estimate of drug-likeness (QED) is 0.830. The van der Waals surface area contributed by atoms with E-state index in [1.807, 2.05) is 26.1 Å². The summed E-state index contributed by atoms with van der Waals surface area (Å²) >= 11 is 1.58. The van der Waals surface area contributed by atoms with Gasteiger partial charge in [-0.2, -0.15) is 0 Å². The number of aryl methyl sites for hydroxylation is 2. The molecule has 0 aliphatic carbocycles. The number of likely N-dealkylation sites (tertiary alicyclic amines) is 1. The summed E-state index contributed by atoms with van der Waals surface area (Å²) in [5, 5.41) is 13.0. The Morgan fingerprint density at radius 1 is 1.46 bits per heavy atom. The highest BCUT2D eigenvalue weighted by molar-refractivity contribution is 7.15. The van der Waals surface area contributed by atoms with Crippen LogP contribution in [0.15, 0.2) is 12.3 Å². The van der Waals surface area contributed by atoms with Gasteiger partial charge in [-0.25, -0.2) is 15.0 Å². The van der Waals surface area contributed by atoms with Crippen molar-refractivity contribution in [2.45, 2.75) is 39.2 Å². The molecule has 0 bridgehead atoms. The first-order valence-corrected chi connectivity index (χ1v) is 8.84. The lowest BCUT2D eigenvalue weighted by molar-refractivity contribution is -0.137. The molecule has 1 fully saturated rings. The normalized spacial score (nSPS) is 18.0. The number of nitrogens with one attached hydrogen (secondary N) is 1. The largest absolute Gasteiger partial charge is 0.481 e. The van der Waals surface area contributed by atoms with E-state index >= 15 is 0 Å². The molecule has 2 aromatic heterocycles. The first-order valence-electron chi connectivity index (χ1n) is 8.02. The average molecular weight is 347 g/mol. The Labute approximate surface area is 144 Å². The van der Waals surface area contributed by atoms with Gasteiger partial charge >= 0.3 is 5.97 Å². The fraction of sp³-hybridized carbons (Fsp3) is 0.500. The van der Waals surface area contributed by atoms with Crippen molar-refractivity contribution in [2.75, 3.05) is 18.4 Å². The van der Waals surface area contributed by atoms with Crippen LogP contribution in [0.4, 0.5) is 10.9 Å². The lowest BCUT2D eigenvalue weighted by Gasteiger charge is -2.23. The number of rotatable bonds is 6. The van der Waals surface area contributed by atoms with Crippen LogP contribution in [0, 0.1) is 13.8 Å². The van der Waals surface area contributed by atoms with Crippen LogP contribution >= 0.6 is 11.3 Å². The van der Waals surface area contributed by atoms with Crippen molar-refractivity contribution in [3.05, 3.63) is 28.7 Å². The Balaban J connectivity index is 1.78. The zero-order valence-corrected chi connectivity index (χ0v) is 14.6. The third-order valence-electron chi connectivity index (χ3n) is 4.00. The maximum atomic E-state index is 10.8. The van der Waals surface area contributed by atoms with Crippen molar-refractivity contribution >= 4 is 28.3 Å². The molecule has 7 nitrogen and oxygen atoms in total.